The minimum atomic E-state index is -0.369. The van der Waals surface area contributed by atoms with E-state index in [-0.39, 0.29) is 11.7 Å². The van der Waals surface area contributed by atoms with Crippen LogP contribution in [0.2, 0.25) is 0 Å². The number of fused-ring (bicyclic) bond motifs is 1. The number of nitrogens with zero attached hydrogens (tertiary/aromatic N) is 4. The number of carbonyl (C=O) groups excluding carboxylic acids is 1. The van der Waals surface area contributed by atoms with Gasteiger partial charge in [-0.05, 0) is 12.1 Å². The van der Waals surface area contributed by atoms with Crippen molar-refractivity contribution in [2.75, 3.05) is 42.9 Å². The Bertz CT molecular complexity index is 1000. The first-order chi connectivity index (χ1) is 13.7. The van der Waals surface area contributed by atoms with Crippen molar-refractivity contribution in [1.82, 2.24) is 30.2 Å². The summed E-state index contributed by atoms with van der Waals surface area (Å²) in [5.74, 6) is 0.658. The van der Waals surface area contributed by atoms with Gasteiger partial charge in [-0.15, -0.1) is 0 Å². The number of hydrogen-bond acceptors (Lipinski definition) is 6. The van der Waals surface area contributed by atoms with Gasteiger partial charge in [0.1, 0.15) is 0 Å². The highest BCUT2D eigenvalue weighted by molar-refractivity contribution is 5.88. The molecule has 3 aromatic rings. The number of piperazine rings is 1. The van der Waals surface area contributed by atoms with Gasteiger partial charge in [-0.3, -0.25) is 4.57 Å². The number of hydrogen-bond donors (Lipinski definition) is 4. The minimum Gasteiger partial charge on any atom is -0.338 e. The summed E-state index contributed by atoms with van der Waals surface area (Å²) in [5.41, 5.74) is 1.91. The average molecular weight is 382 g/mol. The maximum absolute atomic E-state index is 12.1. The smallest absolute Gasteiger partial charge is 0.326 e. The third-order valence-corrected chi connectivity index (χ3v) is 4.60. The van der Waals surface area contributed by atoms with E-state index in [0.29, 0.717) is 24.7 Å². The molecule has 10 nitrogen and oxygen atoms in total. The van der Waals surface area contributed by atoms with Crippen LogP contribution in [0.1, 0.15) is 0 Å². The van der Waals surface area contributed by atoms with Crippen molar-refractivity contribution in [3.8, 4) is 0 Å². The Kier molecular flexibility index (Phi) is 5.20. The molecule has 1 aliphatic rings. The van der Waals surface area contributed by atoms with Gasteiger partial charge >= 0.3 is 11.7 Å². The average Bonchev–Trinajstić information content (AvgIpc) is 3.04. The first kappa shape index (κ1) is 18.0. The molecule has 0 saturated carbocycles. The first-order valence-corrected chi connectivity index (χ1v) is 9.21. The van der Waals surface area contributed by atoms with Crippen LogP contribution in [0.25, 0.3) is 11.0 Å². The molecule has 0 atom stereocenters. The molecule has 0 unspecified atom stereocenters. The van der Waals surface area contributed by atoms with Crippen molar-refractivity contribution in [3.05, 3.63) is 47.1 Å². The highest BCUT2D eigenvalue weighted by atomic mass is 16.2. The third-order valence-electron chi connectivity index (χ3n) is 4.60. The number of carbonyl (C=O) groups is 1. The third kappa shape index (κ3) is 3.96. The predicted molar refractivity (Wildman–Crippen MR) is 107 cm³/mol. The summed E-state index contributed by atoms with van der Waals surface area (Å²) in [6, 6.07) is 7.08. The fourth-order valence-electron chi connectivity index (χ4n) is 3.20. The van der Waals surface area contributed by atoms with Gasteiger partial charge in [0, 0.05) is 39.3 Å². The molecule has 28 heavy (non-hydrogen) atoms. The number of amides is 2. The number of nitrogens with one attached hydrogen (secondary N) is 4. The van der Waals surface area contributed by atoms with Gasteiger partial charge in [-0.1, -0.05) is 12.1 Å². The summed E-state index contributed by atoms with van der Waals surface area (Å²) < 4.78 is 1.60. The van der Waals surface area contributed by atoms with E-state index in [0.717, 1.165) is 37.2 Å². The lowest BCUT2D eigenvalue weighted by Crippen LogP contribution is -2.44. The number of para-hydroxylation sites is 2. The summed E-state index contributed by atoms with van der Waals surface area (Å²) in [4.78, 5) is 37.6. The maximum Gasteiger partial charge on any atom is 0.326 e. The van der Waals surface area contributed by atoms with Gasteiger partial charge in [-0.25, -0.2) is 19.6 Å². The number of imidazole rings is 1. The lowest BCUT2D eigenvalue weighted by Gasteiger charge is -2.27. The van der Waals surface area contributed by atoms with E-state index >= 15 is 0 Å². The number of aromatic nitrogens is 4. The molecule has 3 heterocycles. The van der Waals surface area contributed by atoms with Gasteiger partial charge < -0.3 is 25.8 Å². The van der Waals surface area contributed by atoms with Crippen molar-refractivity contribution in [3.63, 3.8) is 0 Å². The molecule has 4 N–H and O–H groups in total. The molecule has 1 aliphatic heterocycles. The predicted octanol–water partition coefficient (Wildman–Crippen LogP) is 0.351. The molecule has 146 valence electrons. The quantitative estimate of drug-likeness (QED) is 0.505. The zero-order valence-electron chi connectivity index (χ0n) is 15.3. The van der Waals surface area contributed by atoms with Crippen LogP contribution in [0, 0.1) is 0 Å². The largest absolute Gasteiger partial charge is 0.338 e. The van der Waals surface area contributed by atoms with E-state index < -0.39 is 0 Å². The number of urea groups is 1. The summed E-state index contributed by atoms with van der Waals surface area (Å²) in [6.45, 7) is 4.22. The van der Waals surface area contributed by atoms with Crippen LogP contribution in [-0.4, -0.2) is 58.3 Å². The number of aromatic amines is 1. The monoisotopic (exact) mass is 382 g/mol. The molecule has 1 fully saturated rings. The van der Waals surface area contributed by atoms with Crippen LogP contribution >= 0.6 is 0 Å². The molecule has 0 radical (unpaired) electrons. The van der Waals surface area contributed by atoms with Crippen molar-refractivity contribution < 1.29 is 4.79 Å². The maximum atomic E-state index is 12.1. The zero-order valence-corrected chi connectivity index (χ0v) is 15.3. The van der Waals surface area contributed by atoms with Crippen molar-refractivity contribution in [1.29, 1.82) is 0 Å². The number of anilines is 2. The Morgan fingerprint density at radius 1 is 1.14 bits per heavy atom. The van der Waals surface area contributed by atoms with Gasteiger partial charge in [-0.2, -0.15) is 0 Å². The molecule has 0 aliphatic carbocycles. The van der Waals surface area contributed by atoms with Crippen LogP contribution in [0.5, 0.6) is 0 Å². The second-order valence-electron chi connectivity index (χ2n) is 6.49. The Morgan fingerprint density at radius 2 is 1.89 bits per heavy atom. The van der Waals surface area contributed by atoms with E-state index in [4.69, 9.17) is 0 Å². The number of rotatable bonds is 5. The molecule has 2 amide bonds. The van der Waals surface area contributed by atoms with Crippen molar-refractivity contribution >= 4 is 28.7 Å². The Labute approximate surface area is 161 Å². The van der Waals surface area contributed by atoms with E-state index in [2.05, 4.69) is 35.8 Å². The second kappa shape index (κ2) is 8.09. The van der Waals surface area contributed by atoms with E-state index in [1.165, 1.54) is 0 Å². The molecule has 0 spiro atoms. The SMILES string of the molecule is O=C(NCCn1c(=O)[nH]c2ccccc21)Nc1cnc(N2CCNCC2)nc1. The molecule has 10 heteroatoms. The normalized spacial score (nSPS) is 14.2. The van der Waals surface area contributed by atoms with Crippen LogP contribution in [0.15, 0.2) is 41.5 Å². The van der Waals surface area contributed by atoms with Crippen LogP contribution in [-0.2, 0) is 6.54 Å². The van der Waals surface area contributed by atoms with Crippen LogP contribution in [0.3, 0.4) is 0 Å². The molecule has 4 rings (SSSR count). The molecule has 2 aromatic heterocycles. The molecule has 0 bridgehead atoms. The van der Waals surface area contributed by atoms with E-state index in [1.807, 2.05) is 24.3 Å². The molecular formula is C18H22N8O2. The van der Waals surface area contributed by atoms with Crippen LogP contribution in [0.4, 0.5) is 16.4 Å². The number of H-pyrrole nitrogens is 1. The summed E-state index contributed by atoms with van der Waals surface area (Å²) in [6.07, 6.45) is 3.18. The van der Waals surface area contributed by atoms with Gasteiger partial charge in [0.15, 0.2) is 0 Å². The van der Waals surface area contributed by atoms with Gasteiger partial charge in [0.25, 0.3) is 0 Å². The van der Waals surface area contributed by atoms with E-state index in [1.54, 1.807) is 17.0 Å². The lowest BCUT2D eigenvalue weighted by molar-refractivity contribution is 0.251. The standard InChI is InChI=1S/C18H22N8O2/c27-17(20-7-10-26-15-4-2-1-3-14(15)24-18(26)28)23-13-11-21-16(22-12-13)25-8-5-19-6-9-25/h1-4,11-12,19H,5-10H2,(H,24,28)(H2,20,23,27). The first-order valence-electron chi connectivity index (χ1n) is 9.21. The highest BCUT2D eigenvalue weighted by Gasteiger charge is 2.13. The fourth-order valence-corrected chi connectivity index (χ4v) is 3.20. The summed E-state index contributed by atoms with van der Waals surface area (Å²) >= 11 is 0. The molecule has 1 saturated heterocycles. The van der Waals surface area contributed by atoms with E-state index in [9.17, 15) is 9.59 Å². The molecule has 1 aromatic carbocycles. The Balaban J connectivity index is 1.29. The fraction of sp³-hybridized carbons (Fsp3) is 0.333. The lowest BCUT2D eigenvalue weighted by atomic mass is 10.3. The summed E-state index contributed by atoms with van der Waals surface area (Å²) in [5, 5.41) is 8.72. The topological polar surface area (TPSA) is 120 Å². The number of benzene rings is 1. The summed E-state index contributed by atoms with van der Waals surface area (Å²) in [7, 11) is 0. The van der Waals surface area contributed by atoms with Crippen LogP contribution < -0.4 is 26.5 Å². The Hall–Kier alpha value is -3.40. The molecular weight excluding hydrogens is 360 g/mol. The van der Waals surface area contributed by atoms with Gasteiger partial charge in [0.2, 0.25) is 5.95 Å². The minimum absolute atomic E-state index is 0.194. The second-order valence-corrected chi connectivity index (χ2v) is 6.49. The van der Waals surface area contributed by atoms with Crippen molar-refractivity contribution in [2.45, 2.75) is 6.54 Å². The van der Waals surface area contributed by atoms with Crippen molar-refractivity contribution in [2.24, 2.45) is 0 Å². The highest BCUT2D eigenvalue weighted by Crippen LogP contribution is 2.11. The zero-order chi connectivity index (χ0) is 19.3. The van der Waals surface area contributed by atoms with Gasteiger partial charge in [0.05, 0.1) is 29.1 Å². The Morgan fingerprint density at radius 3 is 2.68 bits per heavy atom.